The third-order valence-corrected chi connectivity index (χ3v) is 9.48. The fourth-order valence-electron chi connectivity index (χ4n) is 7.06. The Kier molecular flexibility index (Phi) is 6.76. The van der Waals surface area contributed by atoms with Gasteiger partial charge in [-0.25, -0.2) is 0 Å². The van der Waals surface area contributed by atoms with Crippen molar-refractivity contribution in [1.82, 2.24) is 10.2 Å². The van der Waals surface area contributed by atoms with Crippen molar-refractivity contribution in [2.45, 2.75) is 63.4 Å². The molecule has 0 radical (unpaired) electrons. The Morgan fingerprint density at radius 3 is 2.64 bits per heavy atom. The van der Waals surface area contributed by atoms with Gasteiger partial charge in [-0.2, -0.15) is 0 Å². The highest BCUT2D eigenvalue weighted by molar-refractivity contribution is 6.30. The summed E-state index contributed by atoms with van der Waals surface area (Å²) in [5.74, 6) is -1.47. The molecule has 39 heavy (non-hydrogen) atoms. The number of ether oxygens (including phenoxy) is 1. The lowest BCUT2D eigenvalue weighted by molar-refractivity contribution is -0.142. The lowest BCUT2D eigenvalue weighted by atomic mass is 9.73. The van der Waals surface area contributed by atoms with Gasteiger partial charge in [-0.15, -0.1) is 0 Å². The SMILES string of the molecule is CC1CCCC(NC(=O)C2N(Cc3ccccc3)C(=O)C3C(C(=O)Nc4cccc(Cl)c4)C4C=CC32O4)C1C. The van der Waals surface area contributed by atoms with Crippen LogP contribution in [-0.4, -0.2) is 46.4 Å². The van der Waals surface area contributed by atoms with E-state index in [1.165, 1.54) is 0 Å². The molecule has 8 unspecified atom stereocenters. The summed E-state index contributed by atoms with van der Waals surface area (Å²) in [5, 5.41) is 6.71. The predicted octanol–water partition coefficient (Wildman–Crippen LogP) is 4.57. The molecule has 1 spiro atoms. The highest BCUT2D eigenvalue weighted by Gasteiger charge is 2.72. The van der Waals surface area contributed by atoms with Crippen molar-refractivity contribution in [2.24, 2.45) is 23.7 Å². The van der Waals surface area contributed by atoms with E-state index in [1.807, 2.05) is 42.5 Å². The first-order chi connectivity index (χ1) is 18.8. The van der Waals surface area contributed by atoms with Crippen LogP contribution in [0.4, 0.5) is 5.69 Å². The fraction of sp³-hybridized carbons (Fsp3) is 0.452. The minimum Gasteiger partial charge on any atom is -0.359 e. The monoisotopic (exact) mass is 547 g/mol. The summed E-state index contributed by atoms with van der Waals surface area (Å²) in [4.78, 5) is 43.5. The van der Waals surface area contributed by atoms with Crippen LogP contribution in [0.5, 0.6) is 0 Å². The zero-order valence-corrected chi connectivity index (χ0v) is 22.9. The second-order valence-electron chi connectivity index (χ2n) is 11.5. The molecule has 8 atom stereocenters. The lowest BCUT2D eigenvalue weighted by Crippen LogP contribution is -2.57. The number of hydrogen-bond donors (Lipinski definition) is 2. The van der Waals surface area contributed by atoms with Gasteiger partial charge in [0.15, 0.2) is 0 Å². The largest absolute Gasteiger partial charge is 0.359 e. The molecule has 204 valence electrons. The smallest absolute Gasteiger partial charge is 0.246 e. The van der Waals surface area contributed by atoms with Crippen LogP contribution in [0, 0.1) is 23.7 Å². The number of nitrogens with one attached hydrogen (secondary N) is 2. The van der Waals surface area contributed by atoms with E-state index in [0.717, 1.165) is 24.8 Å². The van der Waals surface area contributed by atoms with E-state index in [0.29, 0.717) is 22.5 Å². The maximum absolute atomic E-state index is 14.2. The quantitative estimate of drug-likeness (QED) is 0.519. The van der Waals surface area contributed by atoms with Crippen LogP contribution >= 0.6 is 11.6 Å². The van der Waals surface area contributed by atoms with Gasteiger partial charge in [0.1, 0.15) is 11.6 Å². The Bertz CT molecular complexity index is 1320. The van der Waals surface area contributed by atoms with E-state index in [2.05, 4.69) is 24.5 Å². The maximum atomic E-state index is 14.2. The molecule has 1 saturated carbocycles. The summed E-state index contributed by atoms with van der Waals surface area (Å²) in [5.41, 5.74) is 0.272. The Morgan fingerprint density at radius 2 is 1.87 bits per heavy atom. The van der Waals surface area contributed by atoms with E-state index in [4.69, 9.17) is 16.3 Å². The molecule has 1 aliphatic carbocycles. The van der Waals surface area contributed by atoms with Crippen molar-refractivity contribution in [1.29, 1.82) is 0 Å². The van der Waals surface area contributed by atoms with Gasteiger partial charge >= 0.3 is 0 Å². The summed E-state index contributed by atoms with van der Waals surface area (Å²) < 4.78 is 6.47. The Balaban J connectivity index is 1.33. The standard InChI is InChI=1S/C31H34ClN3O4/c1-18-8-6-13-23(19(18)2)34-29(37)27-31-15-14-24(39-31)25(28(36)33-22-12-7-11-21(32)16-22)26(31)30(38)35(27)17-20-9-4-3-5-10-20/h3-5,7,9-12,14-16,18-19,23-27H,6,8,13,17H2,1-2H3,(H,33,36)(H,34,37). The zero-order valence-electron chi connectivity index (χ0n) is 22.2. The van der Waals surface area contributed by atoms with Crippen LogP contribution in [0.25, 0.3) is 0 Å². The minimum absolute atomic E-state index is 0.0369. The molecule has 2 aromatic carbocycles. The van der Waals surface area contributed by atoms with Crippen molar-refractivity contribution < 1.29 is 19.1 Å². The van der Waals surface area contributed by atoms with E-state index >= 15 is 0 Å². The normalized spacial score (nSPS) is 34.7. The van der Waals surface area contributed by atoms with Gasteiger partial charge in [0.25, 0.3) is 0 Å². The molecule has 7 nitrogen and oxygen atoms in total. The number of hydrogen-bond acceptors (Lipinski definition) is 4. The molecular formula is C31H34ClN3O4. The van der Waals surface area contributed by atoms with E-state index in [1.54, 1.807) is 29.2 Å². The third kappa shape index (κ3) is 4.45. The molecule has 3 fully saturated rings. The molecule has 2 N–H and O–H groups in total. The Hall–Kier alpha value is -3.16. The number of halogens is 1. The number of amides is 3. The van der Waals surface area contributed by atoms with Gasteiger partial charge in [0, 0.05) is 23.3 Å². The molecule has 3 heterocycles. The van der Waals surface area contributed by atoms with Gasteiger partial charge in [-0.3, -0.25) is 14.4 Å². The Morgan fingerprint density at radius 1 is 1.08 bits per heavy atom. The second-order valence-corrected chi connectivity index (χ2v) is 12.0. The van der Waals surface area contributed by atoms with Gasteiger partial charge in [0.05, 0.1) is 17.9 Å². The molecule has 4 aliphatic rings. The van der Waals surface area contributed by atoms with Crippen LogP contribution < -0.4 is 10.6 Å². The van der Waals surface area contributed by atoms with Gasteiger partial charge in [-0.05, 0) is 42.0 Å². The van der Waals surface area contributed by atoms with E-state index in [9.17, 15) is 14.4 Å². The number of carbonyl (C=O) groups excluding carboxylic acids is 3. The van der Waals surface area contributed by atoms with Gasteiger partial charge in [0.2, 0.25) is 17.7 Å². The molecule has 8 heteroatoms. The van der Waals surface area contributed by atoms with Gasteiger partial charge in [-0.1, -0.05) is 86.8 Å². The van der Waals surface area contributed by atoms with Crippen molar-refractivity contribution in [3.63, 3.8) is 0 Å². The van der Waals surface area contributed by atoms with Crippen LogP contribution in [0.3, 0.4) is 0 Å². The molecule has 2 bridgehead atoms. The van der Waals surface area contributed by atoms with Crippen LogP contribution in [0.2, 0.25) is 5.02 Å². The summed E-state index contributed by atoms with van der Waals surface area (Å²) >= 11 is 6.12. The van der Waals surface area contributed by atoms with Crippen LogP contribution in [0.15, 0.2) is 66.7 Å². The minimum atomic E-state index is -1.19. The van der Waals surface area contributed by atoms with Crippen molar-refractivity contribution in [3.05, 3.63) is 77.3 Å². The summed E-state index contributed by atoms with van der Waals surface area (Å²) in [6, 6.07) is 15.7. The van der Waals surface area contributed by atoms with E-state index in [-0.39, 0.29) is 30.3 Å². The van der Waals surface area contributed by atoms with E-state index < -0.39 is 29.6 Å². The predicted molar refractivity (Wildman–Crippen MR) is 149 cm³/mol. The molecule has 3 aliphatic heterocycles. The third-order valence-electron chi connectivity index (χ3n) is 9.25. The number of fused-ring (bicyclic) bond motifs is 1. The lowest BCUT2D eigenvalue weighted by Gasteiger charge is -2.38. The summed E-state index contributed by atoms with van der Waals surface area (Å²) in [6.07, 6.45) is 6.23. The number of nitrogens with zero attached hydrogens (tertiary/aromatic N) is 1. The molecule has 2 saturated heterocycles. The summed E-state index contributed by atoms with van der Waals surface area (Å²) in [7, 11) is 0. The highest BCUT2D eigenvalue weighted by Crippen LogP contribution is 2.55. The molecule has 6 rings (SSSR count). The zero-order chi connectivity index (χ0) is 27.3. The van der Waals surface area contributed by atoms with Crippen molar-refractivity contribution >= 4 is 35.0 Å². The first-order valence-corrected chi connectivity index (χ1v) is 14.2. The first-order valence-electron chi connectivity index (χ1n) is 13.9. The van der Waals surface area contributed by atoms with Gasteiger partial charge < -0.3 is 20.3 Å². The van der Waals surface area contributed by atoms with Crippen LogP contribution in [0.1, 0.15) is 38.7 Å². The number of rotatable bonds is 6. The molecule has 3 amide bonds. The topological polar surface area (TPSA) is 87.7 Å². The molecule has 0 aromatic heterocycles. The fourth-order valence-corrected chi connectivity index (χ4v) is 7.25. The number of anilines is 1. The maximum Gasteiger partial charge on any atom is 0.246 e. The number of likely N-dealkylation sites (tertiary alicyclic amines) is 1. The average molecular weight is 548 g/mol. The molecule has 2 aromatic rings. The molecular weight excluding hydrogens is 514 g/mol. The number of carbonyl (C=O) groups is 3. The summed E-state index contributed by atoms with van der Waals surface area (Å²) in [6.45, 7) is 4.67. The highest BCUT2D eigenvalue weighted by atomic mass is 35.5. The average Bonchev–Trinajstić information content (AvgIpc) is 3.55. The van der Waals surface area contributed by atoms with Crippen LogP contribution in [-0.2, 0) is 25.7 Å². The second kappa shape index (κ2) is 10.1. The Labute approximate surface area is 233 Å². The van der Waals surface area contributed by atoms with Crippen molar-refractivity contribution in [2.75, 3.05) is 5.32 Å². The number of benzene rings is 2. The van der Waals surface area contributed by atoms with Crippen molar-refractivity contribution in [3.8, 4) is 0 Å². The first kappa shape index (κ1) is 26.1.